The van der Waals surface area contributed by atoms with E-state index in [1.54, 1.807) is 7.05 Å². The monoisotopic (exact) mass is 461 g/mol. The zero-order chi connectivity index (χ0) is 23.8. The molecule has 1 saturated heterocycles. The first-order valence-electron chi connectivity index (χ1n) is 12.2. The number of fused-ring (bicyclic) bond motifs is 2. The number of rotatable bonds is 4. The first kappa shape index (κ1) is 21.4. The molecule has 0 unspecified atom stereocenters. The average Bonchev–Trinajstić information content (AvgIpc) is 3.35. The molecule has 1 aliphatic rings. The Hall–Kier alpha value is -4.19. The number of carbonyl (C=O) groups is 1. The summed E-state index contributed by atoms with van der Waals surface area (Å²) in [6, 6.07) is 20.6. The Labute approximate surface area is 204 Å². The fourth-order valence-electron chi connectivity index (χ4n) is 5.10. The Morgan fingerprint density at radius 1 is 0.829 bits per heavy atom. The van der Waals surface area contributed by atoms with E-state index in [-0.39, 0.29) is 5.91 Å². The summed E-state index contributed by atoms with van der Waals surface area (Å²) in [4.78, 5) is 19.6. The Morgan fingerprint density at radius 2 is 1.60 bits per heavy atom. The Balaban J connectivity index is 1.37. The third kappa shape index (κ3) is 3.81. The molecular weight excluding hydrogens is 434 g/mol. The van der Waals surface area contributed by atoms with Gasteiger partial charge in [-0.3, -0.25) is 4.79 Å². The average molecular weight is 462 g/mol. The second-order valence-corrected chi connectivity index (χ2v) is 9.05. The molecule has 2 aromatic heterocycles. The van der Waals surface area contributed by atoms with Crippen LogP contribution in [0.4, 0.5) is 5.69 Å². The predicted octanol–water partition coefficient (Wildman–Crippen LogP) is 5.57. The lowest BCUT2D eigenvalue weighted by Crippen LogP contribution is -2.29. The molecule has 1 N–H and O–H groups in total. The summed E-state index contributed by atoms with van der Waals surface area (Å²) in [5, 5.41) is 9.26. The van der Waals surface area contributed by atoms with Crippen LogP contribution in [-0.2, 0) is 0 Å². The van der Waals surface area contributed by atoms with Crippen molar-refractivity contribution >= 4 is 28.0 Å². The van der Waals surface area contributed by atoms with Gasteiger partial charge in [-0.05, 0) is 59.4 Å². The molecule has 174 valence electrons. The lowest BCUT2D eigenvalue weighted by molar-refractivity contribution is 0.0964. The van der Waals surface area contributed by atoms with Crippen LogP contribution in [0.3, 0.4) is 0 Å². The van der Waals surface area contributed by atoms with Crippen molar-refractivity contribution in [1.29, 1.82) is 0 Å². The molecule has 0 atom stereocenters. The summed E-state index contributed by atoms with van der Waals surface area (Å²) in [5.41, 5.74) is 6.83. The molecule has 5 aromatic rings. The van der Waals surface area contributed by atoms with Gasteiger partial charge in [-0.1, -0.05) is 42.5 Å². The first-order valence-corrected chi connectivity index (χ1v) is 12.2. The van der Waals surface area contributed by atoms with Crippen LogP contribution in [0.15, 0.2) is 79.3 Å². The number of hydrogen-bond donors (Lipinski definition) is 1. The number of piperidine rings is 1. The molecule has 0 bridgehead atoms. The molecule has 6 nitrogen and oxygen atoms in total. The first-order chi connectivity index (χ1) is 17.2. The van der Waals surface area contributed by atoms with E-state index in [0.717, 1.165) is 51.8 Å². The van der Waals surface area contributed by atoms with Gasteiger partial charge in [-0.25, -0.2) is 9.50 Å². The molecule has 0 saturated carbocycles. The molecule has 1 fully saturated rings. The van der Waals surface area contributed by atoms with Crippen LogP contribution in [0.2, 0.25) is 0 Å². The second kappa shape index (κ2) is 8.87. The maximum atomic E-state index is 12.4. The molecular formula is C29H27N5O. The minimum absolute atomic E-state index is 0.0957. The highest BCUT2D eigenvalue weighted by Crippen LogP contribution is 2.33. The van der Waals surface area contributed by atoms with Crippen LogP contribution in [0, 0.1) is 0 Å². The van der Waals surface area contributed by atoms with Crippen molar-refractivity contribution in [2.75, 3.05) is 25.0 Å². The van der Waals surface area contributed by atoms with Gasteiger partial charge in [0, 0.05) is 54.9 Å². The van der Waals surface area contributed by atoms with Crippen molar-refractivity contribution in [1.82, 2.24) is 19.9 Å². The number of carbonyl (C=O) groups excluding carboxylic acids is 1. The minimum atomic E-state index is -0.0957. The fourth-order valence-corrected chi connectivity index (χ4v) is 5.10. The van der Waals surface area contributed by atoms with Crippen molar-refractivity contribution in [3.05, 3.63) is 84.8 Å². The summed E-state index contributed by atoms with van der Waals surface area (Å²) >= 11 is 0. The number of hydrogen-bond acceptors (Lipinski definition) is 4. The van der Waals surface area contributed by atoms with E-state index < -0.39 is 0 Å². The largest absolute Gasteiger partial charge is 0.372 e. The highest BCUT2D eigenvalue weighted by molar-refractivity contribution is 6.11. The van der Waals surface area contributed by atoms with Gasteiger partial charge in [0.15, 0.2) is 5.65 Å². The molecule has 0 aliphatic carbocycles. The van der Waals surface area contributed by atoms with E-state index in [1.165, 1.54) is 24.9 Å². The van der Waals surface area contributed by atoms with Crippen LogP contribution in [0.1, 0.15) is 29.6 Å². The van der Waals surface area contributed by atoms with E-state index in [0.29, 0.717) is 5.56 Å². The van der Waals surface area contributed by atoms with Gasteiger partial charge in [-0.2, -0.15) is 5.10 Å². The predicted molar refractivity (Wildman–Crippen MR) is 141 cm³/mol. The van der Waals surface area contributed by atoms with Crippen LogP contribution >= 0.6 is 0 Å². The summed E-state index contributed by atoms with van der Waals surface area (Å²) in [6.45, 7) is 2.28. The van der Waals surface area contributed by atoms with Crippen LogP contribution in [-0.4, -0.2) is 40.6 Å². The van der Waals surface area contributed by atoms with Crippen molar-refractivity contribution in [2.45, 2.75) is 19.3 Å². The molecule has 6 rings (SSSR count). The normalized spacial score (nSPS) is 13.9. The maximum absolute atomic E-state index is 12.4. The standard InChI is InChI=1S/C29H27N5O/c1-30-29(35)26-14-13-25(23-7-3-4-8-24(23)26)27-18-32-34-19-21(17-31-28(27)34)20-9-11-22(12-10-20)33-15-5-2-6-16-33/h3-4,7-14,17-19H,2,5-6,15-16H2,1H3,(H,30,35). The molecule has 6 heteroatoms. The van der Waals surface area contributed by atoms with Crippen LogP contribution < -0.4 is 10.2 Å². The van der Waals surface area contributed by atoms with Crippen LogP contribution in [0.25, 0.3) is 38.7 Å². The van der Waals surface area contributed by atoms with Gasteiger partial charge < -0.3 is 10.2 Å². The molecule has 3 heterocycles. The number of nitrogens with zero attached hydrogens (tertiary/aromatic N) is 4. The molecule has 0 radical (unpaired) electrons. The van der Waals surface area contributed by atoms with Gasteiger partial charge in [0.1, 0.15) is 0 Å². The van der Waals surface area contributed by atoms with Gasteiger partial charge in [0.05, 0.1) is 6.20 Å². The summed E-state index contributed by atoms with van der Waals surface area (Å²) < 4.78 is 1.84. The van der Waals surface area contributed by atoms with E-state index in [1.807, 2.05) is 59.5 Å². The lowest BCUT2D eigenvalue weighted by Gasteiger charge is -2.28. The van der Waals surface area contributed by atoms with Gasteiger partial charge >= 0.3 is 0 Å². The Morgan fingerprint density at radius 3 is 2.37 bits per heavy atom. The summed E-state index contributed by atoms with van der Waals surface area (Å²) in [7, 11) is 1.65. The highest BCUT2D eigenvalue weighted by atomic mass is 16.1. The van der Waals surface area contributed by atoms with Gasteiger partial charge in [-0.15, -0.1) is 0 Å². The quantitative estimate of drug-likeness (QED) is 0.380. The number of aromatic nitrogens is 3. The third-order valence-corrected chi connectivity index (χ3v) is 6.96. The molecule has 0 spiro atoms. The van der Waals surface area contributed by atoms with Gasteiger partial charge in [0.2, 0.25) is 0 Å². The van der Waals surface area contributed by atoms with Crippen LogP contribution in [0.5, 0.6) is 0 Å². The maximum Gasteiger partial charge on any atom is 0.251 e. The van der Waals surface area contributed by atoms with E-state index in [9.17, 15) is 4.79 Å². The van der Waals surface area contributed by atoms with Crippen molar-refractivity contribution < 1.29 is 4.79 Å². The Bertz CT molecular complexity index is 1530. The van der Waals surface area contributed by atoms with E-state index in [2.05, 4.69) is 39.6 Å². The van der Waals surface area contributed by atoms with Gasteiger partial charge in [0.25, 0.3) is 5.91 Å². The fraction of sp³-hybridized carbons (Fsp3) is 0.207. The second-order valence-electron chi connectivity index (χ2n) is 9.05. The molecule has 1 amide bonds. The SMILES string of the molecule is CNC(=O)c1ccc(-c2cnn3cc(-c4ccc(N5CCCCC5)cc4)cnc23)c2ccccc12. The topological polar surface area (TPSA) is 62.5 Å². The van der Waals surface area contributed by atoms with Crippen molar-refractivity contribution in [2.24, 2.45) is 0 Å². The number of nitrogens with one attached hydrogen (secondary N) is 1. The van der Waals surface area contributed by atoms with E-state index in [4.69, 9.17) is 4.98 Å². The van der Waals surface area contributed by atoms with Crippen molar-refractivity contribution in [3.63, 3.8) is 0 Å². The molecule has 3 aromatic carbocycles. The summed E-state index contributed by atoms with van der Waals surface area (Å²) in [5.74, 6) is -0.0957. The zero-order valence-corrected chi connectivity index (χ0v) is 19.7. The van der Waals surface area contributed by atoms with E-state index >= 15 is 0 Å². The smallest absolute Gasteiger partial charge is 0.251 e. The number of benzene rings is 3. The molecule has 35 heavy (non-hydrogen) atoms. The summed E-state index contributed by atoms with van der Waals surface area (Å²) in [6.07, 6.45) is 9.68. The Kier molecular flexibility index (Phi) is 5.41. The number of anilines is 1. The zero-order valence-electron chi connectivity index (χ0n) is 19.7. The lowest BCUT2D eigenvalue weighted by atomic mass is 9.96. The minimum Gasteiger partial charge on any atom is -0.372 e. The van der Waals surface area contributed by atoms with Crippen molar-refractivity contribution in [3.8, 4) is 22.3 Å². The number of amides is 1. The highest BCUT2D eigenvalue weighted by Gasteiger charge is 2.16. The molecule has 1 aliphatic heterocycles. The third-order valence-electron chi connectivity index (χ3n) is 6.96.